The van der Waals surface area contributed by atoms with Crippen LogP contribution < -0.4 is 4.74 Å². The SMILES string of the molecule is COc1ccc(C(=O)c2ccc(/C(=C3\C=CC=N3)c3ccc(C#N)cc3)[nH]2)cc1. The number of nitriles is 1. The molecule has 0 amide bonds. The zero-order chi connectivity index (χ0) is 20.2. The topological polar surface area (TPSA) is 78.2 Å². The van der Waals surface area contributed by atoms with E-state index in [4.69, 9.17) is 10.00 Å². The number of nitrogens with one attached hydrogen (secondary N) is 1. The van der Waals surface area contributed by atoms with Crippen LogP contribution in [0.25, 0.3) is 5.57 Å². The molecule has 2 aromatic carbocycles. The van der Waals surface area contributed by atoms with Crippen LogP contribution in [0.5, 0.6) is 5.75 Å². The van der Waals surface area contributed by atoms with Crippen LogP contribution in [-0.2, 0) is 0 Å². The number of hydrogen-bond donors (Lipinski definition) is 1. The Hall–Kier alpha value is -4.17. The first-order valence-corrected chi connectivity index (χ1v) is 9.03. The number of hydrogen-bond acceptors (Lipinski definition) is 4. The molecule has 5 heteroatoms. The van der Waals surface area contributed by atoms with Gasteiger partial charge in [-0.25, -0.2) is 0 Å². The normalized spacial score (nSPS) is 13.9. The van der Waals surface area contributed by atoms with Gasteiger partial charge in [0.15, 0.2) is 0 Å². The predicted molar refractivity (Wildman–Crippen MR) is 112 cm³/mol. The molecule has 0 saturated carbocycles. The van der Waals surface area contributed by atoms with Gasteiger partial charge >= 0.3 is 0 Å². The van der Waals surface area contributed by atoms with Crippen LogP contribution in [0.3, 0.4) is 0 Å². The molecule has 2 heterocycles. The minimum Gasteiger partial charge on any atom is -0.497 e. The fraction of sp³-hybridized carbons (Fsp3) is 0.0417. The fourth-order valence-electron chi connectivity index (χ4n) is 3.17. The summed E-state index contributed by atoms with van der Waals surface area (Å²) in [5.41, 5.74) is 5.00. The second kappa shape index (κ2) is 7.83. The van der Waals surface area contributed by atoms with Crippen LogP contribution in [0.15, 0.2) is 83.5 Å². The van der Waals surface area contributed by atoms with E-state index < -0.39 is 0 Å². The standard InChI is InChI=1S/C24H17N3O2/c1-29-19-10-8-18(9-11-19)24(28)22-13-12-21(27-22)23(20-3-2-14-26-20)17-6-4-16(15-25)5-7-17/h2-14,27H,1H3/b23-20+. The summed E-state index contributed by atoms with van der Waals surface area (Å²) in [5, 5.41) is 9.05. The number of rotatable bonds is 5. The summed E-state index contributed by atoms with van der Waals surface area (Å²) in [4.78, 5) is 20.5. The Labute approximate surface area is 168 Å². The molecule has 1 N–H and O–H groups in total. The Balaban J connectivity index is 1.72. The molecule has 0 aliphatic carbocycles. The number of allylic oxidation sites excluding steroid dienone is 2. The summed E-state index contributed by atoms with van der Waals surface area (Å²) < 4.78 is 5.15. The number of aromatic nitrogens is 1. The molecule has 5 nitrogen and oxygen atoms in total. The largest absolute Gasteiger partial charge is 0.497 e. The highest BCUT2D eigenvalue weighted by Crippen LogP contribution is 2.30. The number of carbonyl (C=O) groups is 1. The first-order valence-electron chi connectivity index (χ1n) is 9.03. The molecule has 0 spiro atoms. The van der Waals surface area contributed by atoms with Crippen LogP contribution in [0.1, 0.15) is 32.9 Å². The smallest absolute Gasteiger partial charge is 0.209 e. The number of H-pyrrole nitrogens is 1. The number of aliphatic imine (C=N–C) groups is 1. The summed E-state index contributed by atoms with van der Waals surface area (Å²) in [5.74, 6) is 0.598. The first-order chi connectivity index (χ1) is 14.2. The fourth-order valence-corrected chi connectivity index (χ4v) is 3.17. The zero-order valence-corrected chi connectivity index (χ0v) is 15.7. The van der Waals surface area contributed by atoms with E-state index in [0.29, 0.717) is 22.6 Å². The van der Waals surface area contributed by atoms with Crippen LogP contribution in [0.4, 0.5) is 0 Å². The number of nitrogens with zero attached hydrogens (tertiary/aromatic N) is 2. The van der Waals surface area contributed by atoms with Gasteiger partial charge in [-0.05, 0) is 66.2 Å². The maximum absolute atomic E-state index is 12.9. The number of benzene rings is 2. The molecule has 0 saturated heterocycles. The van der Waals surface area contributed by atoms with Crippen molar-refractivity contribution in [1.29, 1.82) is 5.26 Å². The lowest BCUT2D eigenvalue weighted by atomic mass is 9.99. The average molecular weight is 379 g/mol. The third kappa shape index (κ3) is 3.64. The van der Waals surface area contributed by atoms with Crippen molar-refractivity contribution in [3.05, 3.63) is 107 Å². The maximum atomic E-state index is 12.9. The number of ether oxygens (including phenoxy) is 1. The minimum atomic E-state index is -0.103. The van der Waals surface area contributed by atoms with Gasteiger partial charge in [0.1, 0.15) is 5.75 Å². The van der Waals surface area contributed by atoms with Gasteiger partial charge in [-0.15, -0.1) is 0 Å². The molecular weight excluding hydrogens is 362 g/mol. The van der Waals surface area contributed by atoms with Gasteiger partial charge in [0.25, 0.3) is 0 Å². The van der Waals surface area contributed by atoms with E-state index in [1.807, 2.05) is 30.4 Å². The lowest BCUT2D eigenvalue weighted by molar-refractivity contribution is 0.103. The minimum absolute atomic E-state index is 0.103. The molecular formula is C24H17N3O2. The number of methoxy groups -OCH3 is 1. The van der Waals surface area contributed by atoms with Crippen LogP contribution in [0, 0.1) is 11.3 Å². The van der Waals surface area contributed by atoms with Crippen LogP contribution >= 0.6 is 0 Å². The average Bonchev–Trinajstić information content (AvgIpc) is 3.47. The van der Waals surface area contributed by atoms with Gasteiger partial charge in [0, 0.05) is 23.0 Å². The van der Waals surface area contributed by atoms with Gasteiger partial charge in [0.05, 0.1) is 30.1 Å². The molecule has 0 fully saturated rings. The molecule has 1 aromatic heterocycles. The molecule has 0 unspecified atom stereocenters. The predicted octanol–water partition coefficient (Wildman–Crippen LogP) is 4.53. The third-order valence-electron chi connectivity index (χ3n) is 4.66. The Morgan fingerprint density at radius 3 is 2.28 bits per heavy atom. The molecule has 0 bridgehead atoms. The van der Waals surface area contributed by atoms with Gasteiger partial charge < -0.3 is 9.72 Å². The molecule has 1 aliphatic heterocycles. The zero-order valence-electron chi connectivity index (χ0n) is 15.7. The second-order valence-electron chi connectivity index (χ2n) is 6.43. The van der Waals surface area contributed by atoms with E-state index in [1.165, 1.54) is 0 Å². The van der Waals surface area contributed by atoms with Crippen molar-refractivity contribution in [3.8, 4) is 11.8 Å². The van der Waals surface area contributed by atoms with E-state index in [2.05, 4.69) is 16.0 Å². The van der Waals surface area contributed by atoms with E-state index in [0.717, 1.165) is 22.5 Å². The third-order valence-corrected chi connectivity index (χ3v) is 4.66. The summed E-state index contributed by atoms with van der Waals surface area (Å²) in [6.45, 7) is 0. The van der Waals surface area contributed by atoms with Crippen LogP contribution in [0.2, 0.25) is 0 Å². The number of ketones is 1. The van der Waals surface area contributed by atoms with Crippen molar-refractivity contribution in [2.24, 2.45) is 4.99 Å². The van der Waals surface area contributed by atoms with Crippen molar-refractivity contribution >= 4 is 17.6 Å². The lowest BCUT2D eigenvalue weighted by Gasteiger charge is -2.09. The highest BCUT2D eigenvalue weighted by atomic mass is 16.5. The van der Waals surface area contributed by atoms with Crippen molar-refractivity contribution < 1.29 is 9.53 Å². The first kappa shape index (κ1) is 18.2. The second-order valence-corrected chi connectivity index (χ2v) is 6.43. The summed E-state index contributed by atoms with van der Waals surface area (Å²) in [6.07, 6.45) is 5.51. The maximum Gasteiger partial charge on any atom is 0.209 e. The molecule has 4 rings (SSSR count). The van der Waals surface area contributed by atoms with E-state index in [-0.39, 0.29) is 5.78 Å². The molecule has 29 heavy (non-hydrogen) atoms. The Morgan fingerprint density at radius 2 is 1.66 bits per heavy atom. The Morgan fingerprint density at radius 1 is 0.966 bits per heavy atom. The number of aromatic amines is 1. The van der Waals surface area contributed by atoms with Crippen molar-refractivity contribution in [2.45, 2.75) is 0 Å². The summed E-state index contributed by atoms with van der Waals surface area (Å²) >= 11 is 0. The van der Waals surface area contributed by atoms with Gasteiger partial charge in [0.2, 0.25) is 5.78 Å². The van der Waals surface area contributed by atoms with E-state index in [9.17, 15) is 4.79 Å². The van der Waals surface area contributed by atoms with Crippen molar-refractivity contribution in [2.75, 3.05) is 7.11 Å². The van der Waals surface area contributed by atoms with E-state index >= 15 is 0 Å². The van der Waals surface area contributed by atoms with Crippen molar-refractivity contribution in [3.63, 3.8) is 0 Å². The highest BCUT2D eigenvalue weighted by Gasteiger charge is 2.17. The lowest BCUT2D eigenvalue weighted by Crippen LogP contribution is -2.02. The highest BCUT2D eigenvalue weighted by molar-refractivity contribution is 6.08. The molecule has 140 valence electrons. The number of carbonyl (C=O) groups excluding carboxylic acids is 1. The van der Waals surface area contributed by atoms with Gasteiger partial charge in [-0.2, -0.15) is 5.26 Å². The van der Waals surface area contributed by atoms with Crippen LogP contribution in [-0.4, -0.2) is 24.1 Å². The van der Waals surface area contributed by atoms with Gasteiger partial charge in [-0.1, -0.05) is 12.1 Å². The Bertz CT molecular complexity index is 1170. The molecule has 0 atom stereocenters. The summed E-state index contributed by atoms with van der Waals surface area (Å²) in [6, 6.07) is 20.1. The molecule has 3 aromatic rings. The van der Waals surface area contributed by atoms with E-state index in [1.54, 1.807) is 55.8 Å². The summed E-state index contributed by atoms with van der Waals surface area (Å²) in [7, 11) is 1.59. The molecule has 1 aliphatic rings. The van der Waals surface area contributed by atoms with Gasteiger partial charge in [-0.3, -0.25) is 9.79 Å². The van der Waals surface area contributed by atoms with Crippen molar-refractivity contribution in [1.82, 2.24) is 4.98 Å². The monoisotopic (exact) mass is 379 g/mol. The quantitative estimate of drug-likeness (QED) is 0.662. The Kier molecular flexibility index (Phi) is 4.91. The molecule has 0 radical (unpaired) electrons.